The maximum absolute atomic E-state index is 9.21. The highest BCUT2D eigenvalue weighted by atomic mass is 16.3. The van der Waals surface area contributed by atoms with Crippen LogP contribution in [0.5, 0.6) is 0 Å². The van der Waals surface area contributed by atoms with Gasteiger partial charge >= 0.3 is 0 Å². The molecule has 1 saturated carbocycles. The van der Waals surface area contributed by atoms with Crippen molar-refractivity contribution in [3.05, 3.63) is 17.5 Å². The van der Waals surface area contributed by atoms with E-state index < -0.39 is 0 Å². The molecule has 0 bridgehead atoms. The average molecular weight is 181 g/mol. The molecule has 0 aliphatic heterocycles. The van der Waals surface area contributed by atoms with Crippen LogP contribution in [0.4, 0.5) is 0 Å². The van der Waals surface area contributed by atoms with Crippen molar-refractivity contribution in [1.82, 2.24) is 9.78 Å². The lowest BCUT2D eigenvalue weighted by Gasteiger charge is -2.40. The summed E-state index contributed by atoms with van der Waals surface area (Å²) < 4.78 is 1.81. The molecule has 0 amide bonds. The molecule has 1 aromatic heterocycles. The van der Waals surface area contributed by atoms with Gasteiger partial charge in [-0.2, -0.15) is 5.10 Å². The van der Waals surface area contributed by atoms with Crippen molar-refractivity contribution in [2.24, 2.45) is 12.8 Å². The van der Waals surface area contributed by atoms with Crippen LogP contribution in [0.1, 0.15) is 24.2 Å². The highest BCUT2D eigenvalue weighted by Crippen LogP contribution is 2.38. The van der Waals surface area contributed by atoms with Crippen molar-refractivity contribution < 1.29 is 5.11 Å². The van der Waals surface area contributed by atoms with Crippen LogP contribution in [0.2, 0.25) is 0 Å². The molecule has 0 aromatic carbocycles. The van der Waals surface area contributed by atoms with E-state index in [0.717, 1.165) is 11.4 Å². The van der Waals surface area contributed by atoms with Gasteiger partial charge in [-0.1, -0.05) is 0 Å². The Kier molecular flexibility index (Phi) is 1.72. The van der Waals surface area contributed by atoms with Crippen LogP contribution >= 0.6 is 0 Å². The van der Waals surface area contributed by atoms with Gasteiger partial charge in [-0.05, 0) is 25.8 Å². The third-order valence-corrected chi connectivity index (χ3v) is 2.82. The van der Waals surface area contributed by atoms with E-state index in [-0.39, 0.29) is 11.6 Å². The Balaban J connectivity index is 2.26. The molecule has 2 rings (SSSR count). The minimum Gasteiger partial charge on any atom is -0.393 e. The highest BCUT2D eigenvalue weighted by Gasteiger charge is 2.43. The number of aliphatic hydroxyl groups is 1. The van der Waals surface area contributed by atoms with E-state index in [1.54, 1.807) is 0 Å². The maximum atomic E-state index is 9.21. The third-order valence-electron chi connectivity index (χ3n) is 2.82. The van der Waals surface area contributed by atoms with Crippen LogP contribution in [0.3, 0.4) is 0 Å². The number of nitrogens with two attached hydrogens (primary N) is 1. The lowest BCUT2D eigenvalue weighted by Crippen LogP contribution is -2.52. The van der Waals surface area contributed by atoms with Crippen LogP contribution < -0.4 is 5.73 Å². The fourth-order valence-corrected chi connectivity index (χ4v) is 1.79. The highest BCUT2D eigenvalue weighted by molar-refractivity contribution is 5.22. The summed E-state index contributed by atoms with van der Waals surface area (Å²) in [4.78, 5) is 0. The minimum atomic E-state index is -0.383. The average Bonchev–Trinajstić information content (AvgIpc) is 2.30. The fourth-order valence-electron chi connectivity index (χ4n) is 1.79. The van der Waals surface area contributed by atoms with Gasteiger partial charge in [-0.25, -0.2) is 0 Å². The first-order valence-electron chi connectivity index (χ1n) is 4.49. The van der Waals surface area contributed by atoms with Crippen LogP contribution in [0.15, 0.2) is 6.07 Å². The molecular formula is C9H15N3O. The molecular weight excluding hydrogens is 166 g/mol. The number of hydrogen-bond donors (Lipinski definition) is 2. The summed E-state index contributed by atoms with van der Waals surface area (Å²) in [5, 5.41) is 13.5. The summed E-state index contributed by atoms with van der Waals surface area (Å²) in [6, 6.07) is 1.99. The number of hydrogen-bond acceptors (Lipinski definition) is 3. The number of nitrogens with zero attached hydrogens (tertiary/aromatic N) is 2. The second-order valence-corrected chi connectivity index (χ2v) is 4.01. The predicted octanol–water partition coefficient (Wildman–Crippen LogP) is 0.0372. The van der Waals surface area contributed by atoms with Crippen LogP contribution in [0.25, 0.3) is 0 Å². The van der Waals surface area contributed by atoms with E-state index in [4.69, 9.17) is 5.73 Å². The predicted molar refractivity (Wildman–Crippen MR) is 49.1 cm³/mol. The quantitative estimate of drug-likeness (QED) is 0.643. The number of aromatic nitrogens is 2. The monoisotopic (exact) mass is 181 g/mol. The molecule has 0 radical (unpaired) electrons. The van der Waals surface area contributed by atoms with Gasteiger partial charge in [-0.3, -0.25) is 4.68 Å². The van der Waals surface area contributed by atoms with E-state index in [1.165, 1.54) is 0 Å². The van der Waals surface area contributed by atoms with E-state index in [2.05, 4.69) is 5.10 Å². The summed E-state index contributed by atoms with van der Waals surface area (Å²) in [6.45, 7) is 1.99. The van der Waals surface area contributed by atoms with Crippen LogP contribution in [-0.4, -0.2) is 21.0 Å². The van der Waals surface area contributed by atoms with E-state index in [0.29, 0.717) is 12.8 Å². The molecule has 1 heterocycles. The van der Waals surface area contributed by atoms with Gasteiger partial charge in [0.05, 0.1) is 17.3 Å². The molecule has 4 nitrogen and oxygen atoms in total. The molecule has 72 valence electrons. The van der Waals surface area contributed by atoms with E-state index in [1.807, 2.05) is 24.7 Å². The molecule has 3 N–H and O–H groups in total. The topological polar surface area (TPSA) is 64.1 Å². The van der Waals surface area contributed by atoms with Crippen molar-refractivity contribution in [3.63, 3.8) is 0 Å². The molecule has 1 aromatic rings. The van der Waals surface area contributed by atoms with Crippen LogP contribution in [0, 0.1) is 6.92 Å². The number of aryl methyl sites for hydroxylation is 2. The summed E-state index contributed by atoms with van der Waals surface area (Å²) in [5.74, 6) is 0. The van der Waals surface area contributed by atoms with Gasteiger partial charge in [0.1, 0.15) is 0 Å². The SMILES string of the molecule is Cc1cc(C2(N)CC(O)C2)nn1C. The molecule has 4 heteroatoms. The van der Waals surface area contributed by atoms with E-state index >= 15 is 0 Å². The summed E-state index contributed by atoms with van der Waals surface area (Å²) >= 11 is 0. The minimum absolute atomic E-state index is 0.243. The molecule has 1 fully saturated rings. The van der Waals surface area contributed by atoms with Crippen molar-refractivity contribution in [2.45, 2.75) is 31.4 Å². The molecule has 0 atom stereocenters. The molecule has 0 spiro atoms. The van der Waals surface area contributed by atoms with Gasteiger partial charge in [0.2, 0.25) is 0 Å². The largest absolute Gasteiger partial charge is 0.393 e. The second kappa shape index (κ2) is 2.56. The fraction of sp³-hybridized carbons (Fsp3) is 0.667. The van der Waals surface area contributed by atoms with Crippen molar-refractivity contribution in [2.75, 3.05) is 0 Å². The first-order chi connectivity index (χ1) is 6.01. The Morgan fingerprint density at radius 2 is 2.31 bits per heavy atom. The molecule has 0 saturated heterocycles. The Morgan fingerprint density at radius 3 is 2.69 bits per heavy atom. The smallest absolute Gasteiger partial charge is 0.0827 e. The van der Waals surface area contributed by atoms with Crippen LogP contribution in [-0.2, 0) is 12.6 Å². The van der Waals surface area contributed by atoms with Gasteiger partial charge in [-0.15, -0.1) is 0 Å². The van der Waals surface area contributed by atoms with E-state index in [9.17, 15) is 5.11 Å². The summed E-state index contributed by atoms with van der Waals surface area (Å²) in [7, 11) is 1.90. The second-order valence-electron chi connectivity index (χ2n) is 4.01. The standard InChI is InChI=1S/C9H15N3O/c1-6-3-8(11-12(6)2)9(10)4-7(13)5-9/h3,7,13H,4-5,10H2,1-2H3. The van der Waals surface area contributed by atoms with Gasteiger partial charge in [0.25, 0.3) is 0 Å². The summed E-state index contributed by atoms with van der Waals surface area (Å²) in [5.41, 5.74) is 7.68. The molecule has 1 aliphatic rings. The molecule has 0 unspecified atom stereocenters. The lowest BCUT2D eigenvalue weighted by molar-refractivity contribution is 0.0186. The van der Waals surface area contributed by atoms with Crippen molar-refractivity contribution in [1.29, 1.82) is 0 Å². The maximum Gasteiger partial charge on any atom is 0.0827 e. The molecule has 13 heavy (non-hydrogen) atoms. The zero-order chi connectivity index (χ0) is 9.64. The first kappa shape index (κ1) is 8.72. The Labute approximate surface area is 77.4 Å². The van der Waals surface area contributed by atoms with Gasteiger partial charge in [0.15, 0.2) is 0 Å². The van der Waals surface area contributed by atoms with Crippen molar-refractivity contribution >= 4 is 0 Å². The Morgan fingerprint density at radius 1 is 1.69 bits per heavy atom. The zero-order valence-electron chi connectivity index (χ0n) is 7.99. The normalized spacial score (nSPS) is 33.1. The first-order valence-corrected chi connectivity index (χ1v) is 4.49. The zero-order valence-corrected chi connectivity index (χ0v) is 7.99. The lowest BCUT2D eigenvalue weighted by atomic mass is 9.73. The van der Waals surface area contributed by atoms with Gasteiger partial charge in [0, 0.05) is 12.7 Å². The summed E-state index contributed by atoms with van der Waals surface area (Å²) in [6.07, 6.45) is 1.01. The molecule has 1 aliphatic carbocycles. The number of rotatable bonds is 1. The third kappa shape index (κ3) is 1.26. The number of aliphatic hydroxyl groups excluding tert-OH is 1. The Hall–Kier alpha value is -0.870. The Bertz CT molecular complexity index is 306. The van der Waals surface area contributed by atoms with Crippen molar-refractivity contribution in [3.8, 4) is 0 Å². The van der Waals surface area contributed by atoms with Gasteiger partial charge < -0.3 is 10.8 Å².